The Morgan fingerprint density at radius 1 is 1.26 bits per heavy atom. The molecule has 0 atom stereocenters. The number of rotatable bonds is 8. The highest BCUT2D eigenvalue weighted by Gasteiger charge is 2.11. The Balaban J connectivity index is 1.89. The van der Waals surface area contributed by atoms with Crippen molar-refractivity contribution in [2.75, 3.05) is 13.7 Å². The van der Waals surface area contributed by atoms with Crippen LogP contribution in [-0.4, -0.2) is 29.4 Å². The van der Waals surface area contributed by atoms with Crippen LogP contribution in [0.15, 0.2) is 29.6 Å². The van der Waals surface area contributed by atoms with Crippen molar-refractivity contribution in [3.63, 3.8) is 0 Å². The van der Waals surface area contributed by atoms with Gasteiger partial charge in [-0.15, -0.1) is 11.3 Å². The lowest BCUT2D eigenvalue weighted by atomic mass is 10.3. The zero-order valence-corrected chi connectivity index (χ0v) is 14.6. The summed E-state index contributed by atoms with van der Waals surface area (Å²) in [6.07, 6.45) is 0.942. The van der Waals surface area contributed by atoms with E-state index in [9.17, 15) is 4.79 Å². The SMILES string of the molecule is CCCN(Cc1csc(COc2ccc(OC)cc2)n1)C(C)=O. The Morgan fingerprint density at radius 3 is 2.57 bits per heavy atom. The fourth-order valence-electron chi connectivity index (χ4n) is 2.12. The Bertz CT molecular complexity index is 625. The van der Waals surface area contributed by atoms with Gasteiger partial charge in [0.05, 0.1) is 19.3 Å². The third-order valence-electron chi connectivity index (χ3n) is 3.31. The lowest BCUT2D eigenvalue weighted by molar-refractivity contribution is -0.129. The zero-order chi connectivity index (χ0) is 16.7. The second-order valence-corrected chi connectivity index (χ2v) is 6.08. The van der Waals surface area contributed by atoms with Crippen molar-refractivity contribution in [2.45, 2.75) is 33.4 Å². The summed E-state index contributed by atoms with van der Waals surface area (Å²) in [4.78, 5) is 17.9. The average molecular weight is 334 g/mol. The summed E-state index contributed by atoms with van der Waals surface area (Å²) in [5.41, 5.74) is 0.909. The molecular formula is C17H22N2O3S. The van der Waals surface area contributed by atoms with Crippen LogP contribution in [0.1, 0.15) is 31.0 Å². The molecule has 0 aliphatic heterocycles. The van der Waals surface area contributed by atoms with Crippen molar-refractivity contribution in [3.05, 3.63) is 40.3 Å². The minimum Gasteiger partial charge on any atom is -0.497 e. The summed E-state index contributed by atoms with van der Waals surface area (Å²) in [5, 5.41) is 2.88. The minimum atomic E-state index is 0.0795. The number of carbonyl (C=O) groups excluding carboxylic acids is 1. The summed E-state index contributed by atoms with van der Waals surface area (Å²) >= 11 is 1.55. The number of nitrogens with zero attached hydrogens (tertiary/aromatic N) is 2. The number of benzene rings is 1. The van der Waals surface area contributed by atoms with Gasteiger partial charge in [-0.05, 0) is 30.7 Å². The molecular weight excluding hydrogens is 312 g/mol. The third-order valence-corrected chi connectivity index (χ3v) is 4.18. The van der Waals surface area contributed by atoms with Crippen LogP contribution in [0.3, 0.4) is 0 Å². The summed E-state index contributed by atoms with van der Waals surface area (Å²) in [7, 11) is 1.63. The lowest BCUT2D eigenvalue weighted by Gasteiger charge is -2.18. The van der Waals surface area contributed by atoms with E-state index in [1.165, 1.54) is 0 Å². The van der Waals surface area contributed by atoms with E-state index in [1.54, 1.807) is 25.4 Å². The van der Waals surface area contributed by atoms with Crippen molar-refractivity contribution in [2.24, 2.45) is 0 Å². The molecule has 1 aromatic carbocycles. The number of hydrogen-bond donors (Lipinski definition) is 0. The zero-order valence-electron chi connectivity index (χ0n) is 13.7. The standard InChI is InChI=1S/C17H22N2O3S/c1-4-9-19(13(2)20)10-14-12-23-17(18-14)11-22-16-7-5-15(21-3)6-8-16/h5-8,12H,4,9-11H2,1-3H3. The number of thiazole rings is 1. The quantitative estimate of drug-likeness (QED) is 0.741. The van der Waals surface area contributed by atoms with Crippen LogP contribution in [0.5, 0.6) is 11.5 Å². The van der Waals surface area contributed by atoms with Crippen LogP contribution in [0.4, 0.5) is 0 Å². The number of methoxy groups -OCH3 is 1. The molecule has 5 nitrogen and oxygen atoms in total. The molecule has 6 heteroatoms. The molecule has 1 heterocycles. The molecule has 2 aromatic rings. The van der Waals surface area contributed by atoms with Gasteiger partial charge in [-0.25, -0.2) is 4.98 Å². The van der Waals surface area contributed by atoms with Crippen LogP contribution in [0, 0.1) is 0 Å². The van der Waals surface area contributed by atoms with Gasteiger partial charge in [-0.1, -0.05) is 6.92 Å². The Hall–Kier alpha value is -2.08. The molecule has 23 heavy (non-hydrogen) atoms. The Labute approximate surface area is 140 Å². The predicted octanol–water partition coefficient (Wildman–Crippen LogP) is 3.49. The monoisotopic (exact) mass is 334 g/mol. The Kier molecular flexibility index (Phi) is 6.40. The maximum atomic E-state index is 11.6. The molecule has 0 saturated heterocycles. The normalized spacial score (nSPS) is 10.4. The predicted molar refractivity (Wildman–Crippen MR) is 90.8 cm³/mol. The van der Waals surface area contributed by atoms with Gasteiger partial charge >= 0.3 is 0 Å². The molecule has 0 saturated carbocycles. The van der Waals surface area contributed by atoms with Crippen LogP contribution < -0.4 is 9.47 Å². The molecule has 0 aliphatic carbocycles. The van der Waals surface area contributed by atoms with Gasteiger partial charge in [0.2, 0.25) is 5.91 Å². The van der Waals surface area contributed by atoms with Crippen molar-refractivity contribution in [1.29, 1.82) is 0 Å². The first-order chi connectivity index (χ1) is 11.1. The number of aromatic nitrogens is 1. The molecule has 0 aliphatic rings. The topological polar surface area (TPSA) is 51.7 Å². The highest BCUT2D eigenvalue weighted by Crippen LogP contribution is 2.19. The van der Waals surface area contributed by atoms with Crippen molar-refractivity contribution < 1.29 is 14.3 Å². The van der Waals surface area contributed by atoms with E-state index >= 15 is 0 Å². The van der Waals surface area contributed by atoms with Crippen molar-refractivity contribution >= 4 is 17.2 Å². The van der Waals surface area contributed by atoms with E-state index in [4.69, 9.17) is 9.47 Å². The molecule has 1 aromatic heterocycles. The minimum absolute atomic E-state index is 0.0795. The van der Waals surface area contributed by atoms with Gasteiger partial charge in [0.1, 0.15) is 23.1 Å². The van der Waals surface area contributed by atoms with Crippen LogP contribution in [0.2, 0.25) is 0 Å². The van der Waals surface area contributed by atoms with Gasteiger partial charge in [0.25, 0.3) is 0 Å². The largest absolute Gasteiger partial charge is 0.497 e. The van der Waals surface area contributed by atoms with Crippen LogP contribution in [0.25, 0.3) is 0 Å². The van der Waals surface area contributed by atoms with Crippen LogP contribution >= 0.6 is 11.3 Å². The third kappa shape index (κ3) is 5.25. The fraction of sp³-hybridized carbons (Fsp3) is 0.412. The number of carbonyl (C=O) groups is 1. The molecule has 124 valence electrons. The average Bonchev–Trinajstić information content (AvgIpc) is 3.00. The summed E-state index contributed by atoms with van der Waals surface area (Å²) in [6.45, 7) is 5.39. The van der Waals surface area contributed by atoms with E-state index in [2.05, 4.69) is 11.9 Å². The Morgan fingerprint density at radius 2 is 1.96 bits per heavy atom. The summed E-state index contributed by atoms with van der Waals surface area (Å²) in [6, 6.07) is 7.45. The molecule has 2 rings (SSSR count). The van der Waals surface area contributed by atoms with Gasteiger partial charge in [-0.3, -0.25) is 4.79 Å². The smallest absolute Gasteiger partial charge is 0.219 e. The van der Waals surface area contributed by atoms with Crippen LogP contribution in [-0.2, 0) is 17.9 Å². The van der Waals surface area contributed by atoms with E-state index in [0.29, 0.717) is 13.2 Å². The number of amides is 1. The van der Waals surface area contributed by atoms with Crippen molar-refractivity contribution in [3.8, 4) is 11.5 Å². The van der Waals surface area contributed by atoms with E-state index < -0.39 is 0 Å². The second kappa shape index (κ2) is 8.53. The lowest BCUT2D eigenvalue weighted by Crippen LogP contribution is -2.29. The van der Waals surface area contributed by atoms with Crippen molar-refractivity contribution in [1.82, 2.24) is 9.88 Å². The highest BCUT2D eigenvalue weighted by atomic mass is 32.1. The summed E-state index contributed by atoms with van der Waals surface area (Å²) in [5.74, 6) is 1.66. The molecule has 0 radical (unpaired) electrons. The molecule has 0 bridgehead atoms. The highest BCUT2D eigenvalue weighted by molar-refractivity contribution is 7.09. The van der Waals surface area contributed by atoms with E-state index in [-0.39, 0.29) is 5.91 Å². The molecule has 0 spiro atoms. The summed E-state index contributed by atoms with van der Waals surface area (Å²) < 4.78 is 10.8. The fourth-order valence-corrected chi connectivity index (χ4v) is 2.81. The first kappa shape index (κ1) is 17.3. The maximum absolute atomic E-state index is 11.6. The second-order valence-electron chi connectivity index (χ2n) is 5.14. The van der Waals surface area contributed by atoms with Gasteiger partial charge < -0.3 is 14.4 Å². The first-order valence-corrected chi connectivity index (χ1v) is 8.46. The molecule has 0 fully saturated rings. The molecule has 1 amide bonds. The number of hydrogen-bond acceptors (Lipinski definition) is 5. The molecule has 0 N–H and O–H groups in total. The van der Waals surface area contributed by atoms with Gasteiger partial charge in [0, 0.05) is 18.8 Å². The van der Waals surface area contributed by atoms with Gasteiger partial charge in [0.15, 0.2) is 0 Å². The van der Waals surface area contributed by atoms with Gasteiger partial charge in [-0.2, -0.15) is 0 Å². The first-order valence-electron chi connectivity index (χ1n) is 7.58. The molecule has 0 unspecified atom stereocenters. The number of ether oxygens (including phenoxy) is 2. The van der Waals surface area contributed by atoms with E-state index in [0.717, 1.165) is 35.2 Å². The maximum Gasteiger partial charge on any atom is 0.219 e. The van der Waals surface area contributed by atoms with E-state index in [1.807, 2.05) is 34.5 Å².